The van der Waals surface area contributed by atoms with Gasteiger partial charge in [-0.3, -0.25) is 9.98 Å². The predicted molar refractivity (Wildman–Crippen MR) is 89.8 cm³/mol. The lowest BCUT2D eigenvalue weighted by atomic mass is 10.0. The Morgan fingerprint density at radius 2 is 1.64 bits per heavy atom. The smallest absolute Gasteiger partial charge is 0.0848 e. The lowest BCUT2D eigenvalue weighted by Crippen LogP contribution is -2.06. The maximum absolute atomic E-state index is 4.91. The zero-order chi connectivity index (χ0) is 14.8. The van der Waals surface area contributed by atoms with Crippen LogP contribution in [0.4, 0.5) is 0 Å². The average molecular weight is 289 g/mol. The summed E-state index contributed by atoms with van der Waals surface area (Å²) in [6, 6.07) is 17.0. The summed E-state index contributed by atoms with van der Waals surface area (Å²) in [5, 5.41) is 0. The molecule has 0 saturated heterocycles. The van der Waals surface area contributed by atoms with E-state index >= 15 is 0 Å². The molecule has 0 spiro atoms. The van der Waals surface area contributed by atoms with Crippen molar-refractivity contribution in [3.63, 3.8) is 0 Å². The summed E-state index contributed by atoms with van der Waals surface area (Å²) in [4.78, 5) is 14.3. The number of benzene rings is 1. The Morgan fingerprint density at radius 3 is 2.41 bits per heavy atom. The van der Waals surface area contributed by atoms with Crippen LogP contribution in [0.25, 0.3) is 0 Å². The molecule has 22 heavy (non-hydrogen) atoms. The van der Waals surface area contributed by atoms with Crippen molar-refractivity contribution in [2.24, 2.45) is 9.98 Å². The van der Waals surface area contributed by atoms with Gasteiger partial charge >= 0.3 is 0 Å². The molecule has 0 saturated carbocycles. The van der Waals surface area contributed by atoms with E-state index in [1.165, 1.54) is 5.56 Å². The second-order valence-corrected chi connectivity index (χ2v) is 5.88. The molecule has 110 valence electrons. The second kappa shape index (κ2) is 5.84. The molecular formula is C19H19N3. The minimum absolute atomic E-state index is 0.283. The van der Waals surface area contributed by atoms with Crippen LogP contribution in [-0.2, 0) is 0 Å². The number of aromatic nitrogens is 1. The van der Waals surface area contributed by atoms with Gasteiger partial charge in [0.05, 0.1) is 28.9 Å². The average Bonchev–Trinajstić information content (AvgIpc) is 3.28. The van der Waals surface area contributed by atoms with Crippen LogP contribution in [0, 0.1) is 0 Å². The van der Waals surface area contributed by atoms with Crippen molar-refractivity contribution >= 4 is 11.4 Å². The quantitative estimate of drug-likeness (QED) is 0.842. The molecule has 0 amide bonds. The van der Waals surface area contributed by atoms with Crippen LogP contribution < -0.4 is 0 Å². The Labute approximate surface area is 130 Å². The molecule has 2 aliphatic rings. The monoisotopic (exact) mass is 289 g/mol. The molecule has 1 aromatic carbocycles. The predicted octanol–water partition coefficient (Wildman–Crippen LogP) is 3.99. The van der Waals surface area contributed by atoms with Gasteiger partial charge in [0.25, 0.3) is 0 Å². The number of aliphatic imine (C=N–C) groups is 2. The first-order valence-electron chi connectivity index (χ1n) is 8.03. The molecule has 0 aliphatic carbocycles. The van der Waals surface area contributed by atoms with E-state index in [4.69, 9.17) is 9.98 Å². The summed E-state index contributed by atoms with van der Waals surface area (Å²) in [7, 11) is 0. The van der Waals surface area contributed by atoms with Crippen molar-refractivity contribution in [3.8, 4) is 0 Å². The minimum atomic E-state index is 0.283. The molecule has 1 unspecified atom stereocenters. The molecule has 4 rings (SSSR count). The summed E-state index contributed by atoms with van der Waals surface area (Å²) in [6.07, 6.45) is 4.28. The Bertz CT molecular complexity index is 731. The SMILES string of the molecule is c1ccc(C2CCC(c3cccc(C4=NCCC4)n3)=N2)cc1. The van der Waals surface area contributed by atoms with Gasteiger partial charge in [-0.2, -0.15) is 0 Å². The van der Waals surface area contributed by atoms with Crippen LogP contribution in [0.15, 0.2) is 58.5 Å². The van der Waals surface area contributed by atoms with Gasteiger partial charge in [-0.05, 0) is 43.4 Å². The third-order valence-electron chi connectivity index (χ3n) is 4.37. The summed E-state index contributed by atoms with van der Waals surface area (Å²) < 4.78 is 0. The van der Waals surface area contributed by atoms with Crippen LogP contribution >= 0.6 is 0 Å². The molecule has 2 aromatic rings. The number of hydrogen-bond donors (Lipinski definition) is 0. The maximum Gasteiger partial charge on any atom is 0.0848 e. The van der Waals surface area contributed by atoms with Gasteiger partial charge in [0.1, 0.15) is 0 Å². The zero-order valence-electron chi connectivity index (χ0n) is 12.6. The van der Waals surface area contributed by atoms with Crippen molar-refractivity contribution in [2.75, 3.05) is 6.54 Å². The van der Waals surface area contributed by atoms with Gasteiger partial charge in [-0.1, -0.05) is 36.4 Å². The normalized spacial score (nSPS) is 20.8. The van der Waals surface area contributed by atoms with Crippen LogP contribution in [0.3, 0.4) is 0 Å². The number of rotatable bonds is 3. The number of pyridine rings is 1. The van der Waals surface area contributed by atoms with E-state index in [9.17, 15) is 0 Å². The van der Waals surface area contributed by atoms with E-state index < -0.39 is 0 Å². The molecule has 3 nitrogen and oxygen atoms in total. The minimum Gasteiger partial charge on any atom is -0.288 e. The van der Waals surface area contributed by atoms with Gasteiger partial charge in [0, 0.05) is 6.54 Å². The molecule has 0 bridgehead atoms. The summed E-state index contributed by atoms with van der Waals surface area (Å²) in [5.74, 6) is 0. The Hall–Kier alpha value is -2.29. The molecule has 3 heteroatoms. The topological polar surface area (TPSA) is 37.6 Å². The van der Waals surface area contributed by atoms with Crippen LogP contribution in [0.2, 0.25) is 0 Å². The van der Waals surface area contributed by atoms with E-state index in [1.807, 2.05) is 0 Å². The Morgan fingerprint density at radius 1 is 0.818 bits per heavy atom. The fourth-order valence-corrected chi connectivity index (χ4v) is 3.21. The highest BCUT2D eigenvalue weighted by Gasteiger charge is 2.21. The van der Waals surface area contributed by atoms with Gasteiger partial charge in [0.2, 0.25) is 0 Å². The Balaban J connectivity index is 1.61. The zero-order valence-corrected chi connectivity index (χ0v) is 12.6. The van der Waals surface area contributed by atoms with Crippen LogP contribution in [-0.4, -0.2) is 23.0 Å². The number of hydrogen-bond acceptors (Lipinski definition) is 3. The first kappa shape index (κ1) is 13.4. The third-order valence-corrected chi connectivity index (χ3v) is 4.37. The van der Waals surface area contributed by atoms with E-state index in [2.05, 4.69) is 53.5 Å². The van der Waals surface area contributed by atoms with Crippen LogP contribution in [0.5, 0.6) is 0 Å². The fourth-order valence-electron chi connectivity index (χ4n) is 3.21. The van der Waals surface area contributed by atoms with E-state index in [-0.39, 0.29) is 6.04 Å². The van der Waals surface area contributed by atoms with Gasteiger partial charge in [-0.15, -0.1) is 0 Å². The molecular weight excluding hydrogens is 270 g/mol. The van der Waals surface area contributed by atoms with Gasteiger partial charge in [0.15, 0.2) is 0 Å². The van der Waals surface area contributed by atoms with E-state index in [1.54, 1.807) is 0 Å². The lowest BCUT2D eigenvalue weighted by molar-refractivity contribution is 0.723. The first-order valence-corrected chi connectivity index (χ1v) is 8.03. The summed E-state index contributed by atoms with van der Waals surface area (Å²) >= 11 is 0. The molecule has 1 atom stereocenters. The van der Waals surface area contributed by atoms with Gasteiger partial charge < -0.3 is 0 Å². The molecule has 0 radical (unpaired) electrons. The highest BCUT2D eigenvalue weighted by atomic mass is 14.9. The van der Waals surface area contributed by atoms with Crippen molar-refractivity contribution in [1.82, 2.24) is 4.98 Å². The first-order chi connectivity index (χ1) is 10.9. The van der Waals surface area contributed by atoms with Crippen molar-refractivity contribution in [3.05, 3.63) is 65.5 Å². The summed E-state index contributed by atoms with van der Waals surface area (Å²) in [5.41, 5.74) is 5.63. The number of nitrogens with zero attached hydrogens (tertiary/aromatic N) is 3. The van der Waals surface area contributed by atoms with Gasteiger partial charge in [-0.25, -0.2) is 4.98 Å². The highest BCUT2D eigenvalue weighted by Crippen LogP contribution is 2.30. The highest BCUT2D eigenvalue weighted by molar-refractivity contribution is 6.03. The van der Waals surface area contributed by atoms with E-state index in [0.717, 1.165) is 55.0 Å². The molecule has 0 fully saturated rings. The lowest BCUT2D eigenvalue weighted by Gasteiger charge is -2.05. The third kappa shape index (κ3) is 2.59. The second-order valence-electron chi connectivity index (χ2n) is 5.88. The Kier molecular flexibility index (Phi) is 3.55. The fraction of sp³-hybridized carbons (Fsp3) is 0.316. The molecule has 3 heterocycles. The van der Waals surface area contributed by atoms with Crippen molar-refractivity contribution in [2.45, 2.75) is 31.7 Å². The molecule has 1 aromatic heterocycles. The maximum atomic E-state index is 4.91. The molecule has 0 N–H and O–H groups in total. The van der Waals surface area contributed by atoms with Crippen LogP contribution in [0.1, 0.15) is 48.7 Å². The van der Waals surface area contributed by atoms with E-state index in [0.29, 0.717) is 0 Å². The van der Waals surface area contributed by atoms with Crippen molar-refractivity contribution in [1.29, 1.82) is 0 Å². The molecule has 2 aliphatic heterocycles. The van der Waals surface area contributed by atoms with Crippen molar-refractivity contribution < 1.29 is 0 Å². The summed E-state index contributed by atoms with van der Waals surface area (Å²) in [6.45, 7) is 0.943. The standard InChI is InChI=1S/C19H19N3/c1-2-6-14(7-3-1)15-11-12-19(21-15)18-9-4-8-17(22-18)16-10-5-13-20-16/h1-4,6-9,15H,5,10-13H2. The largest absolute Gasteiger partial charge is 0.288 e.